The molecule has 25 heavy (non-hydrogen) atoms. The Hall–Kier alpha value is -1.66. The lowest BCUT2D eigenvalue weighted by Crippen LogP contribution is -2.51. The summed E-state index contributed by atoms with van der Waals surface area (Å²) < 4.78 is 5.45. The van der Waals surface area contributed by atoms with E-state index >= 15 is 0 Å². The number of morpholine rings is 1. The molecule has 1 aromatic rings. The maximum atomic E-state index is 12.8. The van der Waals surface area contributed by atoms with Gasteiger partial charge in [-0.3, -0.25) is 9.69 Å². The third-order valence-corrected chi connectivity index (χ3v) is 5.19. The summed E-state index contributed by atoms with van der Waals surface area (Å²) in [5.41, 5.74) is 0.689. The van der Waals surface area contributed by atoms with E-state index in [1.54, 1.807) is 6.20 Å². The standard InChI is InChI=1S/C19H30N4O2/c1-15(2)17(22-10-12-25-13-11-22)14-21-19(24)16-6-5-7-20-18(16)23-8-3-4-9-23/h5-7,15,17H,3-4,8-14H2,1-2H3,(H,21,24)/t17-/m1/s1. The number of ether oxygens (including phenoxy) is 1. The lowest BCUT2D eigenvalue weighted by molar-refractivity contribution is 0.00673. The Bertz CT molecular complexity index is 566. The molecule has 0 bridgehead atoms. The third-order valence-electron chi connectivity index (χ3n) is 5.19. The molecule has 0 unspecified atom stereocenters. The van der Waals surface area contributed by atoms with Crippen molar-refractivity contribution in [2.75, 3.05) is 50.8 Å². The first kappa shape index (κ1) is 18.1. The van der Waals surface area contributed by atoms with Gasteiger partial charge in [0.25, 0.3) is 5.91 Å². The van der Waals surface area contributed by atoms with Gasteiger partial charge in [0.2, 0.25) is 0 Å². The maximum Gasteiger partial charge on any atom is 0.255 e. The molecule has 1 amide bonds. The van der Waals surface area contributed by atoms with Crippen LogP contribution in [0.25, 0.3) is 0 Å². The van der Waals surface area contributed by atoms with Crippen LogP contribution >= 0.6 is 0 Å². The minimum Gasteiger partial charge on any atom is -0.379 e. The van der Waals surface area contributed by atoms with Gasteiger partial charge in [0, 0.05) is 45.0 Å². The molecular weight excluding hydrogens is 316 g/mol. The summed E-state index contributed by atoms with van der Waals surface area (Å²) >= 11 is 0. The van der Waals surface area contributed by atoms with Crippen LogP contribution in [0.5, 0.6) is 0 Å². The summed E-state index contributed by atoms with van der Waals surface area (Å²) in [5, 5.41) is 3.15. The first-order chi connectivity index (χ1) is 12.2. The van der Waals surface area contributed by atoms with E-state index in [4.69, 9.17) is 4.74 Å². The molecule has 2 fully saturated rings. The SMILES string of the molecule is CC(C)[C@@H](CNC(=O)c1cccnc1N1CCCC1)N1CCOCC1. The van der Waals surface area contributed by atoms with Crippen LogP contribution in [-0.4, -0.2) is 67.8 Å². The van der Waals surface area contributed by atoms with Gasteiger partial charge in [-0.25, -0.2) is 4.98 Å². The molecule has 3 rings (SSSR count). The number of nitrogens with one attached hydrogen (secondary N) is 1. The summed E-state index contributed by atoms with van der Waals surface area (Å²) in [6.45, 7) is 10.5. The Morgan fingerprint density at radius 1 is 1.24 bits per heavy atom. The topological polar surface area (TPSA) is 57.7 Å². The van der Waals surface area contributed by atoms with Crippen LogP contribution in [0.15, 0.2) is 18.3 Å². The van der Waals surface area contributed by atoms with E-state index in [1.807, 2.05) is 12.1 Å². The van der Waals surface area contributed by atoms with Crippen LogP contribution in [0.3, 0.4) is 0 Å². The lowest BCUT2D eigenvalue weighted by Gasteiger charge is -2.37. The van der Waals surface area contributed by atoms with Gasteiger partial charge in [-0.15, -0.1) is 0 Å². The Balaban J connectivity index is 1.65. The number of anilines is 1. The second-order valence-corrected chi connectivity index (χ2v) is 7.24. The molecule has 1 N–H and O–H groups in total. The molecule has 6 nitrogen and oxygen atoms in total. The van der Waals surface area contributed by atoms with E-state index in [0.29, 0.717) is 24.1 Å². The zero-order chi connectivity index (χ0) is 17.6. The first-order valence-electron chi connectivity index (χ1n) is 9.47. The molecule has 138 valence electrons. The fourth-order valence-corrected chi connectivity index (χ4v) is 3.74. The van der Waals surface area contributed by atoms with E-state index in [1.165, 1.54) is 12.8 Å². The predicted octanol–water partition coefficient (Wildman–Crippen LogP) is 1.77. The number of nitrogens with zero attached hydrogens (tertiary/aromatic N) is 3. The second-order valence-electron chi connectivity index (χ2n) is 7.24. The van der Waals surface area contributed by atoms with Gasteiger partial charge in [0.05, 0.1) is 18.8 Å². The zero-order valence-corrected chi connectivity index (χ0v) is 15.4. The summed E-state index contributed by atoms with van der Waals surface area (Å²) in [6, 6.07) is 4.06. The maximum absolute atomic E-state index is 12.8. The molecule has 0 saturated carbocycles. The van der Waals surface area contributed by atoms with Crippen molar-refractivity contribution in [3.8, 4) is 0 Å². The third kappa shape index (κ3) is 4.50. The Morgan fingerprint density at radius 2 is 1.96 bits per heavy atom. The number of hydrogen-bond acceptors (Lipinski definition) is 5. The Kier molecular flexibility index (Phi) is 6.26. The average Bonchev–Trinajstić information content (AvgIpc) is 3.17. The van der Waals surface area contributed by atoms with E-state index < -0.39 is 0 Å². The highest BCUT2D eigenvalue weighted by molar-refractivity contribution is 5.98. The highest BCUT2D eigenvalue weighted by Crippen LogP contribution is 2.22. The predicted molar refractivity (Wildman–Crippen MR) is 99.0 cm³/mol. The zero-order valence-electron chi connectivity index (χ0n) is 15.4. The number of amides is 1. The molecular formula is C19H30N4O2. The fraction of sp³-hybridized carbons (Fsp3) is 0.684. The molecule has 1 aromatic heterocycles. The molecule has 2 aliphatic rings. The van der Waals surface area contributed by atoms with Crippen molar-refractivity contribution in [2.24, 2.45) is 5.92 Å². The summed E-state index contributed by atoms with van der Waals surface area (Å²) in [7, 11) is 0. The number of pyridine rings is 1. The average molecular weight is 346 g/mol. The van der Waals surface area contributed by atoms with Crippen molar-refractivity contribution in [3.05, 3.63) is 23.9 Å². The first-order valence-corrected chi connectivity index (χ1v) is 9.47. The summed E-state index contributed by atoms with van der Waals surface area (Å²) in [6.07, 6.45) is 4.11. The molecule has 0 aromatic carbocycles. The number of hydrogen-bond donors (Lipinski definition) is 1. The fourth-order valence-electron chi connectivity index (χ4n) is 3.74. The number of rotatable bonds is 6. The van der Waals surface area contributed by atoms with Gasteiger partial charge in [0.15, 0.2) is 0 Å². The highest BCUT2D eigenvalue weighted by atomic mass is 16.5. The quantitative estimate of drug-likeness (QED) is 0.851. The molecule has 3 heterocycles. The van der Waals surface area contributed by atoms with Gasteiger partial charge in [0.1, 0.15) is 5.82 Å². The molecule has 0 radical (unpaired) electrons. The van der Waals surface area contributed by atoms with Crippen molar-refractivity contribution in [2.45, 2.75) is 32.7 Å². The van der Waals surface area contributed by atoms with Crippen LogP contribution < -0.4 is 10.2 Å². The lowest BCUT2D eigenvalue weighted by atomic mass is 10.0. The molecule has 6 heteroatoms. The van der Waals surface area contributed by atoms with E-state index in [0.717, 1.165) is 45.2 Å². The molecule has 1 atom stereocenters. The Labute approximate surface area is 150 Å². The second kappa shape index (κ2) is 8.63. The number of aromatic nitrogens is 1. The van der Waals surface area contributed by atoms with Crippen LogP contribution in [0.1, 0.15) is 37.0 Å². The van der Waals surface area contributed by atoms with Crippen LogP contribution in [0.4, 0.5) is 5.82 Å². The normalized spacial score (nSPS) is 20.0. The smallest absolute Gasteiger partial charge is 0.255 e. The monoisotopic (exact) mass is 346 g/mol. The van der Waals surface area contributed by atoms with Crippen LogP contribution in [0.2, 0.25) is 0 Å². The van der Waals surface area contributed by atoms with Gasteiger partial charge in [-0.05, 0) is 30.9 Å². The molecule has 2 saturated heterocycles. The molecule has 2 aliphatic heterocycles. The van der Waals surface area contributed by atoms with Crippen molar-refractivity contribution < 1.29 is 9.53 Å². The van der Waals surface area contributed by atoms with Crippen LogP contribution in [-0.2, 0) is 4.74 Å². The van der Waals surface area contributed by atoms with Crippen molar-refractivity contribution in [3.63, 3.8) is 0 Å². The van der Waals surface area contributed by atoms with Gasteiger partial charge < -0.3 is 15.0 Å². The van der Waals surface area contributed by atoms with Crippen molar-refractivity contribution in [1.29, 1.82) is 0 Å². The van der Waals surface area contributed by atoms with E-state index in [9.17, 15) is 4.79 Å². The highest BCUT2D eigenvalue weighted by Gasteiger charge is 2.25. The van der Waals surface area contributed by atoms with E-state index in [2.05, 4.69) is 33.9 Å². The molecule has 0 spiro atoms. The summed E-state index contributed by atoms with van der Waals surface area (Å²) in [5.74, 6) is 1.28. The van der Waals surface area contributed by atoms with Gasteiger partial charge in [-0.2, -0.15) is 0 Å². The largest absolute Gasteiger partial charge is 0.379 e. The van der Waals surface area contributed by atoms with Gasteiger partial charge >= 0.3 is 0 Å². The number of carbonyl (C=O) groups excluding carboxylic acids is 1. The number of carbonyl (C=O) groups is 1. The van der Waals surface area contributed by atoms with Crippen LogP contribution in [0, 0.1) is 5.92 Å². The van der Waals surface area contributed by atoms with E-state index in [-0.39, 0.29) is 5.91 Å². The Morgan fingerprint density at radius 3 is 2.64 bits per heavy atom. The minimum absolute atomic E-state index is 0.0195. The molecule has 0 aliphatic carbocycles. The summed E-state index contributed by atoms with van der Waals surface area (Å²) in [4.78, 5) is 21.9. The van der Waals surface area contributed by atoms with Crippen molar-refractivity contribution in [1.82, 2.24) is 15.2 Å². The van der Waals surface area contributed by atoms with Crippen molar-refractivity contribution >= 4 is 11.7 Å². The van der Waals surface area contributed by atoms with Gasteiger partial charge in [-0.1, -0.05) is 13.8 Å². The minimum atomic E-state index is -0.0195.